The van der Waals surface area contributed by atoms with E-state index in [-0.39, 0.29) is 5.56 Å². The zero-order valence-electron chi connectivity index (χ0n) is 11.9. The summed E-state index contributed by atoms with van der Waals surface area (Å²) in [6.45, 7) is 0. The topological polar surface area (TPSA) is 64.4 Å². The highest BCUT2D eigenvalue weighted by atomic mass is 16.5. The van der Waals surface area contributed by atoms with Crippen LogP contribution in [0.25, 0.3) is 16.9 Å². The predicted molar refractivity (Wildman–Crippen MR) is 82.5 cm³/mol. The minimum atomic E-state index is -1.00. The first kappa shape index (κ1) is 13.9. The molecule has 0 fully saturated rings. The Balaban J connectivity index is 2.17. The van der Waals surface area contributed by atoms with Crippen molar-refractivity contribution in [3.05, 3.63) is 66.4 Å². The van der Waals surface area contributed by atoms with Crippen LogP contribution >= 0.6 is 0 Å². The normalized spacial score (nSPS) is 10.4. The number of carbonyl (C=O) groups is 1. The molecule has 0 spiro atoms. The van der Waals surface area contributed by atoms with Crippen LogP contribution in [0.3, 0.4) is 0 Å². The summed E-state index contributed by atoms with van der Waals surface area (Å²) in [6, 6.07) is 16.6. The molecule has 0 atom stereocenters. The number of methoxy groups -OCH3 is 1. The summed E-state index contributed by atoms with van der Waals surface area (Å²) < 4.78 is 6.76. The fourth-order valence-corrected chi connectivity index (χ4v) is 2.30. The van der Waals surface area contributed by atoms with E-state index < -0.39 is 5.97 Å². The molecule has 22 heavy (non-hydrogen) atoms. The molecule has 0 aliphatic carbocycles. The lowest BCUT2D eigenvalue weighted by molar-refractivity contribution is 0.0697. The Morgan fingerprint density at radius 2 is 1.77 bits per heavy atom. The van der Waals surface area contributed by atoms with Gasteiger partial charge in [0.1, 0.15) is 11.3 Å². The fraction of sp³-hybridized carbons (Fsp3) is 0.0588. The molecule has 3 aromatic rings. The van der Waals surface area contributed by atoms with Gasteiger partial charge in [0.05, 0.1) is 24.7 Å². The largest absolute Gasteiger partial charge is 0.497 e. The summed E-state index contributed by atoms with van der Waals surface area (Å²) in [5.74, 6) is -0.269. The Morgan fingerprint density at radius 1 is 1.09 bits per heavy atom. The number of carboxylic acid groups (broad SMARTS) is 1. The van der Waals surface area contributed by atoms with Crippen LogP contribution in [-0.2, 0) is 0 Å². The molecule has 0 aliphatic heterocycles. The highest BCUT2D eigenvalue weighted by Gasteiger charge is 2.19. The minimum Gasteiger partial charge on any atom is -0.497 e. The average molecular weight is 294 g/mol. The van der Waals surface area contributed by atoms with Crippen LogP contribution in [0.5, 0.6) is 5.75 Å². The first-order valence-electron chi connectivity index (χ1n) is 6.72. The SMILES string of the molecule is COc1ccc(-n2ncc(C(=O)O)c2-c2ccccc2)cc1. The summed E-state index contributed by atoms with van der Waals surface area (Å²) >= 11 is 0. The van der Waals surface area contributed by atoms with Crippen LogP contribution in [0.2, 0.25) is 0 Å². The summed E-state index contributed by atoms with van der Waals surface area (Å²) in [6.07, 6.45) is 1.37. The number of nitrogens with zero attached hydrogens (tertiary/aromatic N) is 2. The zero-order chi connectivity index (χ0) is 15.5. The Hall–Kier alpha value is -3.08. The van der Waals surface area contributed by atoms with E-state index in [1.165, 1.54) is 6.20 Å². The molecule has 0 saturated heterocycles. The van der Waals surface area contributed by atoms with Crippen LogP contribution < -0.4 is 4.74 Å². The molecule has 0 aliphatic rings. The molecular weight excluding hydrogens is 280 g/mol. The van der Waals surface area contributed by atoms with Gasteiger partial charge in [0.15, 0.2) is 0 Å². The standard InChI is InChI=1S/C17H14N2O3/c1-22-14-9-7-13(8-10-14)19-16(12-5-3-2-4-6-12)15(11-18-19)17(20)21/h2-11H,1H3,(H,20,21). The third kappa shape index (κ3) is 2.44. The Labute approximate surface area is 127 Å². The van der Waals surface area contributed by atoms with E-state index >= 15 is 0 Å². The molecule has 0 unspecified atom stereocenters. The maximum atomic E-state index is 11.5. The maximum absolute atomic E-state index is 11.5. The number of benzene rings is 2. The minimum absolute atomic E-state index is 0.169. The highest BCUT2D eigenvalue weighted by molar-refractivity contribution is 5.95. The number of aromatic carboxylic acids is 1. The Bertz CT molecular complexity index is 793. The van der Waals surface area contributed by atoms with Gasteiger partial charge in [0.25, 0.3) is 0 Å². The van der Waals surface area contributed by atoms with Crippen molar-refractivity contribution in [2.24, 2.45) is 0 Å². The number of rotatable bonds is 4. The second-order valence-corrected chi connectivity index (χ2v) is 4.69. The predicted octanol–water partition coefficient (Wildman–Crippen LogP) is 3.25. The van der Waals surface area contributed by atoms with Gasteiger partial charge in [0.2, 0.25) is 0 Å². The number of aromatic nitrogens is 2. The van der Waals surface area contributed by atoms with E-state index in [1.54, 1.807) is 11.8 Å². The molecule has 1 heterocycles. The lowest BCUT2D eigenvalue weighted by atomic mass is 10.1. The van der Waals surface area contributed by atoms with Crippen LogP contribution in [0.1, 0.15) is 10.4 Å². The maximum Gasteiger partial charge on any atom is 0.339 e. The molecule has 1 aromatic heterocycles. The molecule has 2 aromatic carbocycles. The highest BCUT2D eigenvalue weighted by Crippen LogP contribution is 2.27. The van der Waals surface area contributed by atoms with E-state index in [0.717, 1.165) is 17.0 Å². The van der Waals surface area contributed by atoms with Crippen molar-refractivity contribution in [3.8, 4) is 22.7 Å². The number of carboxylic acids is 1. The molecule has 0 bridgehead atoms. The quantitative estimate of drug-likeness (QED) is 0.802. The Kier molecular flexibility index (Phi) is 3.62. The van der Waals surface area contributed by atoms with Gasteiger partial charge in [-0.1, -0.05) is 30.3 Å². The van der Waals surface area contributed by atoms with E-state index in [0.29, 0.717) is 5.69 Å². The Morgan fingerprint density at radius 3 is 2.36 bits per heavy atom. The van der Waals surface area contributed by atoms with Gasteiger partial charge in [-0.2, -0.15) is 5.10 Å². The lowest BCUT2D eigenvalue weighted by Gasteiger charge is -2.09. The number of ether oxygens (including phenoxy) is 1. The van der Waals surface area contributed by atoms with Crippen molar-refractivity contribution < 1.29 is 14.6 Å². The first-order chi connectivity index (χ1) is 10.7. The van der Waals surface area contributed by atoms with Crippen molar-refractivity contribution in [3.63, 3.8) is 0 Å². The van der Waals surface area contributed by atoms with Gasteiger partial charge in [-0.15, -0.1) is 0 Å². The third-order valence-electron chi connectivity index (χ3n) is 3.36. The molecular formula is C17H14N2O3. The summed E-state index contributed by atoms with van der Waals surface area (Å²) in [4.78, 5) is 11.5. The monoisotopic (exact) mass is 294 g/mol. The average Bonchev–Trinajstić information content (AvgIpc) is 3.01. The number of hydrogen-bond donors (Lipinski definition) is 1. The van der Waals surface area contributed by atoms with E-state index in [4.69, 9.17) is 4.74 Å². The molecule has 5 nitrogen and oxygen atoms in total. The van der Waals surface area contributed by atoms with Gasteiger partial charge < -0.3 is 9.84 Å². The zero-order valence-corrected chi connectivity index (χ0v) is 11.9. The molecule has 0 saturated carbocycles. The van der Waals surface area contributed by atoms with Crippen molar-refractivity contribution in [1.82, 2.24) is 9.78 Å². The van der Waals surface area contributed by atoms with Crippen molar-refractivity contribution >= 4 is 5.97 Å². The van der Waals surface area contributed by atoms with Crippen molar-refractivity contribution in [1.29, 1.82) is 0 Å². The number of hydrogen-bond acceptors (Lipinski definition) is 3. The van der Waals surface area contributed by atoms with Crippen LogP contribution in [0, 0.1) is 0 Å². The van der Waals surface area contributed by atoms with E-state index in [1.807, 2.05) is 54.6 Å². The molecule has 0 amide bonds. The van der Waals surface area contributed by atoms with Gasteiger partial charge in [-0.05, 0) is 24.3 Å². The molecule has 0 radical (unpaired) electrons. The van der Waals surface area contributed by atoms with Crippen molar-refractivity contribution in [2.45, 2.75) is 0 Å². The van der Waals surface area contributed by atoms with Gasteiger partial charge >= 0.3 is 5.97 Å². The fourth-order valence-electron chi connectivity index (χ4n) is 2.30. The third-order valence-corrected chi connectivity index (χ3v) is 3.36. The van der Waals surface area contributed by atoms with Crippen molar-refractivity contribution in [2.75, 3.05) is 7.11 Å². The van der Waals surface area contributed by atoms with E-state index in [9.17, 15) is 9.90 Å². The van der Waals surface area contributed by atoms with Gasteiger partial charge in [-0.3, -0.25) is 0 Å². The van der Waals surface area contributed by atoms with Gasteiger partial charge in [-0.25, -0.2) is 9.48 Å². The first-order valence-corrected chi connectivity index (χ1v) is 6.72. The second-order valence-electron chi connectivity index (χ2n) is 4.69. The summed E-state index contributed by atoms with van der Waals surface area (Å²) in [5, 5.41) is 13.6. The molecule has 5 heteroatoms. The van der Waals surface area contributed by atoms with Crippen LogP contribution in [-0.4, -0.2) is 28.0 Å². The summed E-state index contributed by atoms with van der Waals surface area (Å²) in [5.41, 5.74) is 2.29. The van der Waals surface area contributed by atoms with Gasteiger partial charge in [0, 0.05) is 5.56 Å². The lowest BCUT2D eigenvalue weighted by Crippen LogP contribution is -2.03. The molecule has 1 N–H and O–H groups in total. The second kappa shape index (κ2) is 5.73. The molecule has 3 rings (SSSR count). The summed E-state index contributed by atoms with van der Waals surface area (Å²) in [7, 11) is 1.60. The smallest absolute Gasteiger partial charge is 0.339 e. The van der Waals surface area contributed by atoms with Crippen LogP contribution in [0.4, 0.5) is 0 Å². The van der Waals surface area contributed by atoms with Crippen LogP contribution in [0.15, 0.2) is 60.8 Å². The molecule has 110 valence electrons. The van der Waals surface area contributed by atoms with E-state index in [2.05, 4.69) is 5.10 Å².